The molecule has 3 heteroatoms. The Kier molecular flexibility index (Phi) is 3.06. The Morgan fingerprint density at radius 2 is 2.12 bits per heavy atom. The number of benzene rings is 1. The van der Waals surface area contributed by atoms with Gasteiger partial charge in [-0.3, -0.25) is 0 Å². The van der Waals surface area contributed by atoms with Crippen molar-refractivity contribution >= 4 is 5.69 Å². The van der Waals surface area contributed by atoms with Gasteiger partial charge in [0.25, 0.3) is 0 Å². The summed E-state index contributed by atoms with van der Waals surface area (Å²) in [4.78, 5) is 2.32. The predicted molar refractivity (Wildman–Crippen MR) is 67.0 cm³/mol. The Hall–Kier alpha value is -1.22. The standard InChI is InChI=1S/C13H20N2O/c1-9(14)13-11(15(2)10-7-8-10)5-4-6-12(13)16-3/h4-6,9-10H,7-8,14H2,1-3H3. The van der Waals surface area contributed by atoms with Crippen LogP contribution in [0.1, 0.15) is 31.4 Å². The molecule has 88 valence electrons. The van der Waals surface area contributed by atoms with E-state index in [1.165, 1.54) is 18.5 Å². The molecule has 1 saturated carbocycles. The highest BCUT2D eigenvalue weighted by atomic mass is 16.5. The molecule has 0 spiro atoms. The molecule has 1 aromatic rings. The summed E-state index contributed by atoms with van der Waals surface area (Å²) in [5.41, 5.74) is 8.36. The molecule has 1 aliphatic rings. The van der Waals surface area contributed by atoms with Crippen LogP contribution in [0.3, 0.4) is 0 Å². The minimum absolute atomic E-state index is 0.00708. The van der Waals surface area contributed by atoms with Gasteiger partial charge >= 0.3 is 0 Å². The van der Waals surface area contributed by atoms with E-state index in [1.54, 1.807) is 7.11 Å². The Labute approximate surface area is 97.2 Å². The van der Waals surface area contributed by atoms with Crippen molar-refractivity contribution in [2.75, 3.05) is 19.1 Å². The number of hydrogen-bond acceptors (Lipinski definition) is 3. The van der Waals surface area contributed by atoms with Gasteiger partial charge in [-0.1, -0.05) is 6.07 Å². The van der Waals surface area contributed by atoms with Gasteiger partial charge in [-0.15, -0.1) is 0 Å². The Bertz CT molecular complexity index is 372. The van der Waals surface area contributed by atoms with Crippen molar-refractivity contribution in [3.8, 4) is 5.75 Å². The summed E-state index contributed by atoms with van der Waals surface area (Å²) in [6.45, 7) is 2.00. The van der Waals surface area contributed by atoms with Crippen LogP contribution >= 0.6 is 0 Å². The Morgan fingerprint density at radius 1 is 1.44 bits per heavy atom. The molecule has 1 fully saturated rings. The number of nitrogens with two attached hydrogens (primary N) is 1. The summed E-state index contributed by atoms with van der Waals surface area (Å²) in [7, 11) is 3.83. The highest BCUT2D eigenvalue weighted by Crippen LogP contribution is 2.38. The third-order valence-electron chi connectivity index (χ3n) is 3.19. The number of rotatable bonds is 4. The normalized spacial score (nSPS) is 17.0. The SMILES string of the molecule is COc1cccc(N(C)C2CC2)c1C(C)N. The minimum atomic E-state index is -0.00708. The van der Waals surface area contributed by atoms with E-state index in [2.05, 4.69) is 18.0 Å². The molecule has 3 nitrogen and oxygen atoms in total. The lowest BCUT2D eigenvalue weighted by Crippen LogP contribution is -2.23. The van der Waals surface area contributed by atoms with E-state index in [9.17, 15) is 0 Å². The molecule has 0 bridgehead atoms. The molecule has 1 aliphatic carbocycles. The molecule has 0 aliphatic heterocycles. The summed E-state index contributed by atoms with van der Waals surface area (Å²) in [5.74, 6) is 0.889. The van der Waals surface area contributed by atoms with Crippen LogP contribution in [0, 0.1) is 0 Å². The molecule has 0 radical (unpaired) electrons. The second kappa shape index (κ2) is 4.34. The van der Waals surface area contributed by atoms with Crippen molar-refractivity contribution in [2.45, 2.75) is 31.8 Å². The van der Waals surface area contributed by atoms with Gasteiger partial charge in [-0.2, -0.15) is 0 Å². The summed E-state index contributed by atoms with van der Waals surface area (Å²) >= 11 is 0. The number of methoxy groups -OCH3 is 1. The molecular weight excluding hydrogens is 200 g/mol. The van der Waals surface area contributed by atoms with Gasteiger partial charge in [0.15, 0.2) is 0 Å². The average Bonchev–Trinajstić information content (AvgIpc) is 3.10. The number of ether oxygens (including phenoxy) is 1. The summed E-state index contributed by atoms with van der Waals surface area (Å²) < 4.78 is 5.39. The summed E-state index contributed by atoms with van der Waals surface area (Å²) in [6, 6.07) is 6.80. The molecule has 0 amide bonds. The van der Waals surface area contributed by atoms with Crippen LogP contribution < -0.4 is 15.4 Å². The highest BCUT2D eigenvalue weighted by molar-refractivity contribution is 5.61. The van der Waals surface area contributed by atoms with Crippen LogP contribution in [0.4, 0.5) is 5.69 Å². The van der Waals surface area contributed by atoms with Gasteiger partial charge in [-0.25, -0.2) is 0 Å². The summed E-state index contributed by atoms with van der Waals surface area (Å²) in [6.07, 6.45) is 2.57. The van der Waals surface area contributed by atoms with Crippen LogP contribution in [0.2, 0.25) is 0 Å². The summed E-state index contributed by atoms with van der Waals surface area (Å²) in [5, 5.41) is 0. The lowest BCUT2D eigenvalue weighted by atomic mass is 10.0. The third-order valence-corrected chi connectivity index (χ3v) is 3.19. The maximum atomic E-state index is 6.04. The third kappa shape index (κ3) is 2.00. The van der Waals surface area contributed by atoms with Crippen LogP contribution in [-0.2, 0) is 0 Å². The van der Waals surface area contributed by atoms with Crippen LogP contribution in [0.5, 0.6) is 5.75 Å². The van der Waals surface area contributed by atoms with Gasteiger partial charge in [0.1, 0.15) is 5.75 Å². The van der Waals surface area contributed by atoms with Gasteiger partial charge in [-0.05, 0) is 31.9 Å². The fourth-order valence-corrected chi connectivity index (χ4v) is 2.13. The molecule has 1 unspecified atom stereocenters. The second-order valence-electron chi connectivity index (χ2n) is 4.52. The minimum Gasteiger partial charge on any atom is -0.496 e. The van der Waals surface area contributed by atoms with E-state index in [0.717, 1.165) is 11.3 Å². The maximum Gasteiger partial charge on any atom is 0.125 e. The van der Waals surface area contributed by atoms with Gasteiger partial charge in [0.2, 0.25) is 0 Å². The zero-order chi connectivity index (χ0) is 11.7. The maximum absolute atomic E-state index is 6.04. The number of anilines is 1. The Morgan fingerprint density at radius 3 is 2.62 bits per heavy atom. The van der Waals surface area contributed by atoms with Crippen molar-refractivity contribution in [3.63, 3.8) is 0 Å². The zero-order valence-electron chi connectivity index (χ0n) is 10.2. The lowest BCUT2D eigenvalue weighted by Gasteiger charge is -2.25. The first kappa shape index (κ1) is 11.3. The smallest absolute Gasteiger partial charge is 0.125 e. The quantitative estimate of drug-likeness (QED) is 0.846. The van der Waals surface area contributed by atoms with E-state index >= 15 is 0 Å². The highest BCUT2D eigenvalue weighted by Gasteiger charge is 2.28. The largest absolute Gasteiger partial charge is 0.496 e. The van der Waals surface area contributed by atoms with Gasteiger partial charge in [0.05, 0.1) is 7.11 Å². The first-order valence-corrected chi connectivity index (χ1v) is 5.80. The molecule has 16 heavy (non-hydrogen) atoms. The lowest BCUT2D eigenvalue weighted by molar-refractivity contribution is 0.407. The van der Waals surface area contributed by atoms with E-state index in [1.807, 2.05) is 19.1 Å². The van der Waals surface area contributed by atoms with Crippen molar-refractivity contribution in [2.24, 2.45) is 5.73 Å². The molecule has 2 N–H and O–H groups in total. The Balaban J connectivity index is 2.41. The molecule has 1 atom stereocenters. The molecule has 1 aromatic carbocycles. The van der Waals surface area contributed by atoms with E-state index < -0.39 is 0 Å². The first-order chi connectivity index (χ1) is 7.65. The van der Waals surface area contributed by atoms with Crippen molar-refractivity contribution in [3.05, 3.63) is 23.8 Å². The number of nitrogens with zero attached hydrogens (tertiary/aromatic N) is 1. The second-order valence-corrected chi connectivity index (χ2v) is 4.52. The van der Waals surface area contributed by atoms with E-state index in [0.29, 0.717) is 6.04 Å². The van der Waals surface area contributed by atoms with Crippen LogP contribution in [-0.4, -0.2) is 20.2 Å². The number of hydrogen-bond donors (Lipinski definition) is 1. The van der Waals surface area contributed by atoms with E-state index in [4.69, 9.17) is 10.5 Å². The molecule has 0 saturated heterocycles. The van der Waals surface area contributed by atoms with Crippen LogP contribution in [0.15, 0.2) is 18.2 Å². The molecular formula is C13H20N2O. The van der Waals surface area contributed by atoms with E-state index in [-0.39, 0.29) is 6.04 Å². The zero-order valence-corrected chi connectivity index (χ0v) is 10.2. The fourth-order valence-electron chi connectivity index (χ4n) is 2.13. The van der Waals surface area contributed by atoms with Gasteiger partial charge in [0, 0.05) is 30.4 Å². The monoisotopic (exact) mass is 220 g/mol. The van der Waals surface area contributed by atoms with Crippen molar-refractivity contribution in [1.82, 2.24) is 0 Å². The molecule has 2 rings (SSSR count). The molecule has 0 aromatic heterocycles. The van der Waals surface area contributed by atoms with Crippen molar-refractivity contribution in [1.29, 1.82) is 0 Å². The molecule has 0 heterocycles. The van der Waals surface area contributed by atoms with Gasteiger partial charge < -0.3 is 15.4 Å². The topological polar surface area (TPSA) is 38.5 Å². The fraction of sp³-hybridized carbons (Fsp3) is 0.538. The average molecular weight is 220 g/mol. The van der Waals surface area contributed by atoms with Crippen molar-refractivity contribution < 1.29 is 4.74 Å². The van der Waals surface area contributed by atoms with Crippen LogP contribution in [0.25, 0.3) is 0 Å². The predicted octanol–water partition coefficient (Wildman–Crippen LogP) is 2.31. The first-order valence-electron chi connectivity index (χ1n) is 5.80.